The van der Waals surface area contributed by atoms with Gasteiger partial charge in [-0.2, -0.15) is 0 Å². The van der Waals surface area contributed by atoms with Crippen LogP contribution >= 0.6 is 22.7 Å². The van der Waals surface area contributed by atoms with Crippen molar-refractivity contribution in [2.75, 3.05) is 32.7 Å². The highest BCUT2D eigenvalue weighted by Crippen LogP contribution is 2.33. The Morgan fingerprint density at radius 1 is 1.06 bits per heavy atom. The maximum Gasteiger partial charge on any atom is 0.317 e. The van der Waals surface area contributed by atoms with Crippen molar-refractivity contribution in [1.82, 2.24) is 25.1 Å². The number of carbonyl (C=O) groups is 1. The average Bonchev–Trinajstić information content (AvgIpc) is 3.53. The molecule has 0 saturated carbocycles. The fraction of sp³-hybridized carbons (Fsp3) is 0.320. The van der Waals surface area contributed by atoms with Crippen LogP contribution in [0.2, 0.25) is 0 Å². The molecule has 1 aliphatic heterocycles. The van der Waals surface area contributed by atoms with Crippen molar-refractivity contribution in [2.24, 2.45) is 0 Å². The van der Waals surface area contributed by atoms with Crippen molar-refractivity contribution in [1.29, 1.82) is 0 Å². The highest BCUT2D eigenvalue weighted by atomic mass is 32.1. The molecule has 0 spiro atoms. The van der Waals surface area contributed by atoms with Gasteiger partial charge in [0.1, 0.15) is 10.7 Å². The van der Waals surface area contributed by atoms with Gasteiger partial charge in [0, 0.05) is 48.5 Å². The molecular formula is C25H27N5O2S2. The number of thiophene rings is 2. The molecule has 2 amide bonds. The van der Waals surface area contributed by atoms with Crippen molar-refractivity contribution in [3.05, 3.63) is 75.0 Å². The number of hydrogen-bond acceptors (Lipinski definition) is 6. The fourth-order valence-electron chi connectivity index (χ4n) is 4.25. The molecule has 2 N–H and O–H groups in total. The first kappa shape index (κ1) is 22.8. The zero-order chi connectivity index (χ0) is 23.3. The van der Waals surface area contributed by atoms with Gasteiger partial charge in [-0.1, -0.05) is 36.4 Å². The lowest BCUT2D eigenvalue weighted by Gasteiger charge is -2.34. The number of nitrogens with zero attached hydrogens (tertiary/aromatic N) is 3. The Balaban J connectivity index is 1.11. The Hall–Kier alpha value is -3.01. The lowest BCUT2D eigenvalue weighted by atomic mass is 10.1. The number of piperazine rings is 1. The summed E-state index contributed by atoms with van der Waals surface area (Å²) in [6.07, 6.45) is 1.89. The molecule has 0 unspecified atom stereocenters. The van der Waals surface area contributed by atoms with Crippen LogP contribution in [0, 0.1) is 0 Å². The highest BCUT2D eigenvalue weighted by molar-refractivity contribution is 7.18. The number of nitrogens with one attached hydrogen (secondary N) is 2. The molecule has 0 radical (unpaired) electrons. The van der Waals surface area contributed by atoms with E-state index in [0.717, 1.165) is 41.2 Å². The number of H-pyrrole nitrogens is 1. The van der Waals surface area contributed by atoms with Crippen molar-refractivity contribution in [3.63, 3.8) is 0 Å². The van der Waals surface area contributed by atoms with Gasteiger partial charge in [0.05, 0.1) is 11.9 Å². The second kappa shape index (κ2) is 10.5. The summed E-state index contributed by atoms with van der Waals surface area (Å²) >= 11 is 3.14. The second-order valence-electron chi connectivity index (χ2n) is 8.40. The van der Waals surface area contributed by atoms with Gasteiger partial charge < -0.3 is 15.2 Å². The van der Waals surface area contributed by atoms with E-state index in [2.05, 4.69) is 27.3 Å². The quantitative estimate of drug-likeness (QED) is 0.379. The predicted molar refractivity (Wildman–Crippen MR) is 139 cm³/mol. The van der Waals surface area contributed by atoms with Crippen LogP contribution < -0.4 is 10.9 Å². The molecular weight excluding hydrogens is 466 g/mol. The van der Waals surface area contributed by atoms with Gasteiger partial charge in [0.25, 0.3) is 5.56 Å². The van der Waals surface area contributed by atoms with Crippen molar-refractivity contribution < 1.29 is 4.79 Å². The zero-order valence-electron chi connectivity index (χ0n) is 18.8. The van der Waals surface area contributed by atoms with E-state index in [1.807, 2.05) is 46.0 Å². The van der Waals surface area contributed by atoms with Gasteiger partial charge in [0.2, 0.25) is 0 Å². The Bertz CT molecular complexity index is 1290. The average molecular weight is 494 g/mol. The Morgan fingerprint density at radius 2 is 1.88 bits per heavy atom. The number of amides is 2. The maximum absolute atomic E-state index is 12.8. The van der Waals surface area contributed by atoms with E-state index >= 15 is 0 Å². The first-order valence-corrected chi connectivity index (χ1v) is 13.3. The van der Waals surface area contributed by atoms with Gasteiger partial charge in [0.15, 0.2) is 0 Å². The highest BCUT2D eigenvalue weighted by Gasteiger charge is 2.22. The summed E-state index contributed by atoms with van der Waals surface area (Å²) in [5.74, 6) is 0.677. The normalized spacial score (nSPS) is 14.5. The number of aryl methyl sites for hydroxylation is 1. The molecule has 34 heavy (non-hydrogen) atoms. The van der Waals surface area contributed by atoms with Gasteiger partial charge >= 0.3 is 6.03 Å². The molecule has 1 aromatic carbocycles. The third-order valence-corrected chi connectivity index (χ3v) is 7.85. The van der Waals surface area contributed by atoms with Crippen LogP contribution in [0.5, 0.6) is 0 Å². The Labute approximate surface area is 206 Å². The number of hydrogen-bond donors (Lipinski definition) is 2. The van der Waals surface area contributed by atoms with Crippen molar-refractivity contribution in [2.45, 2.75) is 19.4 Å². The summed E-state index contributed by atoms with van der Waals surface area (Å²) in [6.45, 7) is 4.09. The molecule has 5 rings (SSSR count). The van der Waals surface area contributed by atoms with Crippen LogP contribution in [0.3, 0.4) is 0 Å². The minimum Gasteiger partial charge on any atom is -0.338 e. The van der Waals surface area contributed by atoms with Crippen LogP contribution in [0.4, 0.5) is 4.79 Å². The largest absolute Gasteiger partial charge is 0.338 e. The first-order chi connectivity index (χ1) is 16.7. The standard InChI is InChI=1S/C25H27N5O2S2/c31-23-22-19(20-9-5-15-33-20)17-34-24(22)28-21(27-23)16-29-11-13-30(14-12-29)25(32)26-10-4-8-18-6-2-1-3-7-18/h1-3,5-7,9,15,17H,4,8,10-14,16H2,(H,26,32)(H,27,28,31). The fourth-order valence-corrected chi connectivity index (χ4v) is 6.03. The van der Waals surface area contributed by atoms with Crippen LogP contribution in [0.1, 0.15) is 17.8 Å². The summed E-state index contributed by atoms with van der Waals surface area (Å²) < 4.78 is 0. The zero-order valence-corrected chi connectivity index (χ0v) is 20.5. The number of fused-ring (bicyclic) bond motifs is 1. The maximum atomic E-state index is 12.8. The third-order valence-electron chi connectivity index (χ3n) is 6.07. The van der Waals surface area contributed by atoms with E-state index in [4.69, 9.17) is 4.98 Å². The molecule has 0 bridgehead atoms. The molecule has 4 heterocycles. The molecule has 1 aliphatic rings. The van der Waals surface area contributed by atoms with E-state index in [0.29, 0.717) is 37.4 Å². The van der Waals surface area contributed by atoms with E-state index in [9.17, 15) is 9.59 Å². The monoisotopic (exact) mass is 493 g/mol. The van der Waals surface area contributed by atoms with E-state index < -0.39 is 0 Å². The summed E-state index contributed by atoms with van der Waals surface area (Å²) in [6, 6.07) is 14.3. The molecule has 3 aromatic heterocycles. The molecule has 1 saturated heterocycles. The molecule has 4 aromatic rings. The second-order valence-corrected chi connectivity index (χ2v) is 10.2. The van der Waals surface area contributed by atoms with Crippen LogP contribution in [0.25, 0.3) is 20.7 Å². The van der Waals surface area contributed by atoms with Crippen molar-refractivity contribution in [3.8, 4) is 10.4 Å². The van der Waals surface area contributed by atoms with Gasteiger partial charge in [-0.3, -0.25) is 9.69 Å². The smallest absolute Gasteiger partial charge is 0.317 e. The Morgan fingerprint density at radius 3 is 2.65 bits per heavy atom. The van der Waals surface area contributed by atoms with Crippen LogP contribution in [0.15, 0.2) is 58.0 Å². The predicted octanol–water partition coefficient (Wildman–Crippen LogP) is 4.17. The van der Waals surface area contributed by atoms with Crippen LogP contribution in [-0.2, 0) is 13.0 Å². The molecule has 7 nitrogen and oxygen atoms in total. The minimum atomic E-state index is -0.0850. The SMILES string of the molecule is O=C(NCCCc1ccccc1)N1CCN(Cc2nc3scc(-c4cccs4)c3c(=O)[nH]2)CC1. The minimum absolute atomic E-state index is 0.000329. The van der Waals surface area contributed by atoms with Gasteiger partial charge in [-0.05, 0) is 29.9 Å². The van der Waals surface area contributed by atoms with Crippen molar-refractivity contribution >= 4 is 38.9 Å². The number of urea groups is 1. The first-order valence-electron chi connectivity index (χ1n) is 11.5. The van der Waals surface area contributed by atoms with E-state index in [1.54, 1.807) is 11.3 Å². The number of rotatable bonds is 7. The summed E-state index contributed by atoms with van der Waals surface area (Å²) in [4.78, 5) is 39.0. The number of carbonyl (C=O) groups excluding carboxylic acids is 1. The van der Waals surface area contributed by atoms with E-state index in [-0.39, 0.29) is 11.6 Å². The topological polar surface area (TPSA) is 81.3 Å². The number of benzene rings is 1. The van der Waals surface area contributed by atoms with Gasteiger partial charge in [-0.15, -0.1) is 22.7 Å². The molecule has 1 fully saturated rings. The molecule has 0 atom stereocenters. The lowest BCUT2D eigenvalue weighted by Crippen LogP contribution is -2.51. The van der Waals surface area contributed by atoms with Gasteiger partial charge in [-0.25, -0.2) is 9.78 Å². The molecule has 176 valence electrons. The number of aromatic amines is 1. The lowest BCUT2D eigenvalue weighted by molar-refractivity contribution is 0.133. The molecule has 9 heteroatoms. The summed E-state index contributed by atoms with van der Waals surface area (Å²) in [5.41, 5.74) is 2.16. The molecule has 0 aliphatic carbocycles. The van der Waals surface area contributed by atoms with E-state index in [1.165, 1.54) is 16.9 Å². The third kappa shape index (κ3) is 5.22. The summed E-state index contributed by atoms with van der Waals surface area (Å²) in [5, 5.41) is 7.74. The number of aromatic nitrogens is 2. The Kier molecular flexibility index (Phi) is 7.03. The summed E-state index contributed by atoms with van der Waals surface area (Å²) in [7, 11) is 0. The van der Waals surface area contributed by atoms with Crippen LogP contribution in [-0.4, -0.2) is 58.5 Å².